The van der Waals surface area contributed by atoms with Gasteiger partial charge in [-0.3, -0.25) is 4.98 Å². The third-order valence-electron chi connectivity index (χ3n) is 2.62. The van der Waals surface area contributed by atoms with E-state index in [1.54, 1.807) is 19.1 Å². The molecule has 2 heterocycles. The lowest BCUT2D eigenvalue weighted by Gasteiger charge is -2.19. The highest BCUT2D eigenvalue weighted by atomic mass is 35.5. The number of halogens is 1. The number of nitrogens with zero attached hydrogens (tertiary/aromatic N) is 2. The van der Waals surface area contributed by atoms with Crippen LogP contribution in [0.25, 0.3) is 0 Å². The summed E-state index contributed by atoms with van der Waals surface area (Å²) in [4.78, 5) is 3.82. The lowest BCUT2D eigenvalue weighted by Crippen LogP contribution is -2.30. The van der Waals surface area contributed by atoms with Crippen LogP contribution in [0, 0.1) is 0 Å². The Hall–Kier alpha value is -1.37. The molecule has 0 aliphatic heterocycles. The Labute approximate surface area is 116 Å². The summed E-state index contributed by atoms with van der Waals surface area (Å²) in [7, 11) is -3.68. The first-order valence-electron chi connectivity index (χ1n) is 5.67. The number of sulfonamides is 1. The SMILES string of the molecule is CCN(Cc1ccco1)S(=O)(=O)c1cnccc1Cl. The zero-order chi connectivity index (χ0) is 13.9. The number of furan rings is 1. The molecule has 0 amide bonds. The average Bonchev–Trinajstić information content (AvgIpc) is 2.89. The topological polar surface area (TPSA) is 63.4 Å². The van der Waals surface area contributed by atoms with Crippen LogP contribution in [-0.2, 0) is 16.6 Å². The molecule has 2 rings (SSSR count). The second kappa shape index (κ2) is 5.73. The Kier molecular flexibility index (Phi) is 4.24. The monoisotopic (exact) mass is 300 g/mol. The molecule has 0 aromatic carbocycles. The van der Waals surface area contributed by atoms with Gasteiger partial charge < -0.3 is 4.42 Å². The van der Waals surface area contributed by atoms with Crippen LogP contribution < -0.4 is 0 Å². The highest BCUT2D eigenvalue weighted by molar-refractivity contribution is 7.89. The number of hydrogen-bond acceptors (Lipinski definition) is 4. The van der Waals surface area contributed by atoms with Crippen LogP contribution in [0.15, 0.2) is 46.2 Å². The summed E-state index contributed by atoms with van der Waals surface area (Å²) in [5, 5.41) is 0.160. The van der Waals surface area contributed by atoms with Gasteiger partial charge in [-0.2, -0.15) is 4.31 Å². The summed E-state index contributed by atoms with van der Waals surface area (Å²) in [6.07, 6.45) is 4.21. The fourth-order valence-electron chi connectivity index (χ4n) is 1.64. The van der Waals surface area contributed by atoms with E-state index in [9.17, 15) is 8.42 Å². The number of pyridine rings is 1. The van der Waals surface area contributed by atoms with Gasteiger partial charge in [0.2, 0.25) is 10.0 Å². The number of hydrogen-bond donors (Lipinski definition) is 0. The minimum Gasteiger partial charge on any atom is -0.468 e. The van der Waals surface area contributed by atoms with E-state index in [-0.39, 0.29) is 16.5 Å². The number of rotatable bonds is 5. The van der Waals surface area contributed by atoms with Gasteiger partial charge in [0.05, 0.1) is 17.8 Å². The zero-order valence-electron chi connectivity index (χ0n) is 10.3. The standard InChI is InChI=1S/C12H13ClN2O3S/c1-2-15(9-10-4-3-7-18-10)19(16,17)12-8-14-6-5-11(12)13/h3-8H,2,9H2,1H3. The molecule has 0 bridgehead atoms. The molecule has 2 aromatic rings. The molecule has 19 heavy (non-hydrogen) atoms. The van der Waals surface area contributed by atoms with Crippen molar-refractivity contribution in [3.05, 3.63) is 47.6 Å². The molecule has 2 aromatic heterocycles. The van der Waals surface area contributed by atoms with Crippen molar-refractivity contribution in [2.75, 3.05) is 6.54 Å². The highest BCUT2D eigenvalue weighted by Crippen LogP contribution is 2.24. The smallest absolute Gasteiger partial charge is 0.246 e. The van der Waals surface area contributed by atoms with Gasteiger partial charge in [-0.25, -0.2) is 8.42 Å². The van der Waals surface area contributed by atoms with E-state index in [0.29, 0.717) is 12.3 Å². The fourth-order valence-corrected chi connectivity index (χ4v) is 3.46. The first-order chi connectivity index (χ1) is 9.05. The van der Waals surface area contributed by atoms with Crippen molar-refractivity contribution in [2.45, 2.75) is 18.4 Å². The van der Waals surface area contributed by atoms with Crippen molar-refractivity contribution in [1.29, 1.82) is 0 Å². The quantitative estimate of drug-likeness (QED) is 0.851. The molecule has 0 aliphatic rings. The van der Waals surface area contributed by atoms with E-state index in [1.165, 1.54) is 29.0 Å². The first-order valence-corrected chi connectivity index (χ1v) is 7.49. The fraction of sp³-hybridized carbons (Fsp3) is 0.250. The van der Waals surface area contributed by atoms with Gasteiger partial charge in [0.25, 0.3) is 0 Å². The van der Waals surface area contributed by atoms with Crippen LogP contribution in [0.4, 0.5) is 0 Å². The predicted octanol–water partition coefficient (Wildman–Crippen LogP) is 2.54. The van der Waals surface area contributed by atoms with Gasteiger partial charge in [0, 0.05) is 18.9 Å². The molecule has 0 saturated heterocycles. The molecular formula is C12H13ClN2O3S. The van der Waals surface area contributed by atoms with Gasteiger partial charge in [-0.05, 0) is 18.2 Å². The maximum Gasteiger partial charge on any atom is 0.246 e. The van der Waals surface area contributed by atoms with E-state index in [1.807, 2.05) is 0 Å². The van der Waals surface area contributed by atoms with Gasteiger partial charge >= 0.3 is 0 Å². The summed E-state index contributed by atoms with van der Waals surface area (Å²) in [5.41, 5.74) is 0. The van der Waals surface area contributed by atoms with Crippen LogP contribution in [-0.4, -0.2) is 24.3 Å². The predicted molar refractivity (Wildman–Crippen MR) is 71.2 cm³/mol. The third kappa shape index (κ3) is 2.97. The Morgan fingerprint density at radius 3 is 2.79 bits per heavy atom. The first kappa shape index (κ1) is 14.0. The van der Waals surface area contributed by atoms with Crippen molar-refractivity contribution in [3.63, 3.8) is 0 Å². The second-order valence-corrected chi connectivity index (χ2v) is 6.13. The van der Waals surface area contributed by atoms with Crippen molar-refractivity contribution < 1.29 is 12.8 Å². The highest BCUT2D eigenvalue weighted by Gasteiger charge is 2.26. The zero-order valence-corrected chi connectivity index (χ0v) is 11.9. The number of aromatic nitrogens is 1. The Balaban J connectivity index is 2.34. The minimum absolute atomic E-state index is 0.00470. The van der Waals surface area contributed by atoms with Crippen molar-refractivity contribution in [1.82, 2.24) is 9.29 Å². The lowest BCUT2D eigenvalue weighted by atomic mass is 10.4. The van der Waals surface area contributed by atoms with Crippen LogP contribution >= 0.6 is 11.6 Å². The Morgan fingerprint density at radius 2 is 2.21 bits per heavy atom. The Morgan fingerprint density at radius 1 is 1.42 bits per heavy atom. The lowest BCUT2D eigenvalue weighted by molar-refractivity contribution is 0.375. The molecule has 5 nitrogen and oxygen atoms in total. The van der Waals surface area contributed by atoms with E-state index >= 15 is 0 Å². The van der Waals surface area contributed by atoms with Crippen molar-refractivity contribution in [2.24, 2.45) is 0 Å². The van der Waals surface area contributed by atoms with Gasteiger partial charge in [-0.15, -0.1) is 0 Å². The molecule has 0 radical (unpaired) electrons. The van der Waals surface area contributed by atoms with Crippen LogP contribution in [0.5, 0.6) is 0 Å². The van der Waals surface area contributed by atoms with Crippen LogP contribution in [0.3, 0.4) is 0 Å². The van der Waals surface area contributed by atoms with E-state index in [4.69, 9.17) is 16.0 Å². The average molecular weight is 301 g/mol. The molecule has 0 saturated carbocycles. The molecule has 0 unspecified atom stereocenters. The van der Waals surface area contributed by atoms with Crippen molar-refractivity contribution in [3.8, 4) is 0 Å². The summed E-state index contributed by atoms with van der Waals surface area (Å²) in [6, 6.07) is 4.89. The summed E-state index contributed by atoms with van der Waals surface area (Å²) >= 11 is 5.92. The maximum absolute atomic E-state index is 12.5. The van der Waals surface area contributed by atoms with Gasteiger partial charge in [0.15, 0.2) is 0 Å². The molecule has 0 spiro atoms. The molecule has 102 valence electrons. The minimum atomic E-state index is -3.68. The molecule has 0 aliphatic carbocycles. The van der Waals surface area contributed by atoms with E-state index < -0.39 is 10.0 Å². The largest absolute Gasteiger partial charge is 0.468 e. The maximum atomic E-state index is 12.5. The molecule has 0 fully saturated rings. The molecular weight excluding hydrogens is 288 g/mol. The van der Waals surface area contributed by atoms with Gasteiger partial charge in [0.1, 0.15) is 10.7 Å². The summed E-state index contributed by atoms with van der Waals surface area (Å²) in [5.74, 6) is 0.574. The summed E-state index contributed by atoms with van der Waals surface area (Å²) < 4.78 is 31.4. The van der Waals surface area contributed by atoms with Crippen LogP contribution in [0.2, 0.25) is 5.02 Å². The molecule has 7 heteroatoms. The van der Waals surface area contributed by atoms with E-state index in [0.717, 1.165) is 0 Å². The third-order valence-corrected chi connectivity index (χ3v) is 5.01. The molecule has 0 atom stereocenters. The summed E-state index contributed by atoms with van der Waals surface area (Å²) in [6.45, 7) is 2.23. The Bertz CT molecular complexity index is 641. The second-order valence-electron chi connectivity index (χ2n) is 3.82. The van der Waals surface area contributed by atoms with Crippen LogP contribution in [0.1, 0.15) is 12.7 Å². The normalized spacial score (nSPS) is 11.9. The van der Waals surface area contributed by atoms with Gasteiger partial charge in [-0.1, -0.05) is 18.5 Å². The molecule has 0 N–H and O–H groups in total. The van der Waals surface area contributed by atoms with E-state index in [2.05, 4.69) is 4.98 Å². The van der Waals surface area contributed by atoms with Crippen molar-refractivity contribution >= 4 is 21.6 Å².